The summed E-state index contributed by atoms with van der Waals surface area (Å²) in [6, 6.07) is 2.37. The van der Waals surface area contributed by atoms with Gasteiger partial charge >= 0.3 is 5.97 Å². The van der Waals surface area contributed by atoms with Gasteiger partial charge in [0.2, 0.25) is 0 Å². The van der Waals surface area contributed by atoms with Crippen LogP contribution >= 0.6 is 0 Å². The van der Waals surface area contributed by atoms with Crippen molar-refractivity contribution >= 4 is 15.8 Å². The molecule has 19 heavy (non-hydrogen) atoms. The Morgan fingerprint density at radius 3 is 2.42 bits per heavy atom. The Kier molecular flexibility index (Phi) is 3.04. The van der Waals surface area contributed by atoms with E-state index in [9.17, 15) is 22.7 Å². The fourth-order valence-electron chi connectivity index (χ4n) is 2.24. The third-order valence-electron chi connectivity index (χ3n) is 3.39. The molecule has 0 unspecified atom stereocenters. The van der Waals surface area contributed by atoms with Gasteiger partial charge in [0, 0.05) is 17.2 Å². The van der Waals surface area contributed by atoms with Gasteiger partial charge in [-0.15, -0.1) is 0 Å². The van der Waals surface area contributed by atoms with Gasteiger partial charge in [-0.25, -0.2) is 12.8 Å². The second-order valence-corrected chi connectivity index (χ2v) is 6.88. The van der Waals surface area contributed by atoms with Gasteiger partial charge < -0.3 is 10.2 Å². The van der Waals surface area contributed by atoms with Crippen molar-refractivity contribution in [3.05, 3.63) is 23.5 Å². The quantitative estimate of drug-likeness (QED) is 0.874. The van der Waals surface area contributed by atoms with Crippen LogP contribution in [0, 0.1) is 5.82 Å². The van der Waals surface area contributed by atoms with Crippen LogP contribution in [-0.2, 0) is 20.0 Å². The first-order valence-electron chi connectivity index (χ1n) is 5.61. The lowest BCUT2D eigenvalue weighted by Gasteiger charge is -2.16. The van der Waals surface area contributed by atoms with Gasteiger partial charge in [0.25, 0.3) is 0 Å². The molecule has 0 aliphatic heterocycles. The molecule has 0 atom stereocenters. The van der Waals surface area contributed by atoms with E-state index in [0.29, 0.717) is 12.8 Å². The second-order valence-electron chi connectivity index (χ2n) is 4.90. The maximum absolute atomic E-state index is 13.9. The van der Waals surface area contributed by atoms with E-state index in [1.54, 1.807) is 0 Å². The van der Waals surface area contributed by atoms with Crippen LogP contribution in [0.5, 0.6) is 5.75 Å². The average Bonchev–Trinajstić information content (AvgIpc) is 2.99. The highest BCUT2D eigenvalue weighted by Crippen LogP contribution is 2.54. The SMILES string of the molecule is CS(=O)(=O)c1ccc(C2(CC(=O)O)CC2)c(O)c1F. The van der Waals surface area contributed by atoms with Crippen LogP contribution < -0.4 is 0 Å². The summed E-state index contributed by atoms with van der Waals surface area (Å²) < 4.78 is 36.5. The van der Waals surface area contributed by atoms with Gasteiger partial charge in [-0.05, 0) is 18.9 Å². The lowest BCUT2D eigenvalue weighted by molar-refractivity contribution is -0.137. The first-order chi connectivity index (χ1) is 8.67. The fraction of sp³-hybridized carbons (Fsp3) is 0.417. The summed E-state index contributed by atoms with van der Waals surface area (Å²) in [7, 11) is -3.77. The Labute approximate surface area is 109 Å². The molecule has 5 nitrogen and oxygen atoms in total. The maximum Gasteiger partial charge on any atom is 0.304 e. The van der Waals surface area contributed by atoms with E-state index in [-0.39, 0.29) is 12.0 Å². The van der Waals surface area contributed by atoms with Crippen molar-refractivity contribution in [1.82, 2.24) is 0 Å². The van der Waals surface area contributed by atoms with Crippen molar-refractivity contribution in [3.63, 3.8) is 0 Å². The van der Waals surface area contributed by atoms with Crippen molar-refractivity contribution < 1.29 is 27.8 Å². The van der Waals surface area contributed by atoms with E-state index >= 15 is 0 Å². The Bertz CT molecular complexity index is 646. The third kappa shape index (κ3) is 2.42. The number of carboxylic acid groups (broad SMARTS) is 1. The minimum atomic E-state index is -3.77. The number of phenols is 1. The van der Waals surface area contributed by atoms with Crippen LogP contribution in [0.15, 0.2) is 17.0 Å². The molecular formula is C12H13FO5S. The van der Waals surface area contributed by atoms with Crippen LogP contribution in [0.4, 0.5) is 4.39 Å². The zero-order valence-corrected chi connectivity index (χ0v) is 11.0. The Morgan fingerprint density at radius 1 is 1.42 bits per heavy atom. The molecule has 0 spiro atoms. The number of sulfone groups is 1. The largest absolute Gasteiger partial charge is 0.505 e. The summed E-state index contributed by atoms with van der Waals surface area (Å²) in [6.45, 7) is 0. The molecule has 1 aliphatic carbocycles. The number of phenolic OH excluding ortho intramolecular Hbond substituents is 1. The van der Waals surface area contributed by atoms with E-state index in [0.717, 1.165) is 12.3 Å². The molecule has 1 saturated carbocycles. The van der Waals surface area contributed by atoms with Crippen LogP contribution in [0.3, 0.4) is 0 Å². The molecule has 0 bridgehead atoms. The number of halogens is 1. The summed E-state index contributed by atoms with van der Waals surface area (Å²) in [5.74, 6) is -3.01. The monoisotopic (exact) mass is 288 g/mol. The van der Waals surface area contributed by atoms with Gasteiger partial charge in [-0.1, -0.05) is 6.07 Å². The molecule has 2 rings (SSSR count). The summed E-state index contributed by atoms with van der Waals surface area (Å²) in [5, 5.41) is 18.6. The zero-order chi connectivity index (χ0) is 14.4. The van der Waals surface area contributed by atoms with E-state index in [1.807, 2.05) is 0 Å². The third-order valence-corrected chi connectivity index (χ3v) is 4.51. The smallest absolute Gasteiger partial charge is 0.304 e. The van der Waals surface area contributed by atoms with Crippen molar-refractivity contribution in [3.8, 4) is 5.75 Å². The van der Waals surface area contributed by atoms with Crippen LogP contribution in [0.2, 0.25) is 0 Å². The minimum Gasteiger partial charge on any atom is -0.505 e. The van der Waals surface area contributed by atoms with Crippen molar-refractivity contribution in [1.29, 1.82) is 0 Å². The zero-order valence-electron chi connectivity index (χ0n) is 10.2. The predicted molar refractivity (Wildman–Crippen MR) is 64.3 cm³/mol. The number of rotatable bonds is 4. The van der Waals surface area contributed by atoms with E-state index in [2.05, 4.69) is 0 Å². The van der Waals surface area contributed by atoms with E-state index in [1.165, 1.54) is 6.07 Å². The number of benzene rings is 1. The van der Waals surface area contributed by atoms with Crippen LogP contribution in [0.1, 0.15) is 24.8 Å². The Balaban J connectivity index is 2.52. The first kappa shape index (κ1) is 13.8. The van der Waals surface area contributed by atoms with Crippen LogP contribution in [0.25, 0.3) is 0 Å². The predicted octanol–water partition coefficient (Wildman–Crippen LogP) is 1.44. The average molecular weight is 288 g/mol. The number of carbonyl (C=O) groups is 1. The summed E-state index contributed by atoms with van der Waals surface area (Å²) >= 11 is 0. The molecule has 1 aromatic carbocycles. The topological polar surface area (TPSA) is 91.7 Å². The van der Waals surface area contributed by atoms with Crippen molar-refractivity contribution in [2.75, 3.05) is 6.26 Å². The number of aromatic hydroxyl groups is 1. The summed E-state index contributed by atoms with van der Waals surface area (Å²) in [4.78, 5) is 10.2. The fourth-order valence-corrected chi connectivity index (χ4v) is 2.98. The molecule has 0 amide bonds. The summed E-state index contributed by atoms with van der Waals surface area (Å²) in [5.41, 5.74) is -0.605. The van der Waals surface area contributed by atoms with Gasteiger partial charge in [-0.2, -0.15) is 0 Å². The van der Waals surface area contributed by atoms with Gasteiger partial charge in [0.15, 0.2) is 21.4 Å². The highest BCUT2D eigenvalue weighted by molar-refractivity contribution is 7.90. The molecule has 104 valence electrons. The molecule has 1 aromatic rings. The number of aliphatic carboxylic acids is 1. The van der Waals surface area contributed by atoms with Gasteiger partial charge in [0.05, 0.1) is 6.42 Å². The highest BCUT2D eigenvalue weighted by atomic mass is 32.2. The number of carboxylic acids is 1. The molecule has 7 heteroatoms. The lowest BCUT2D eigenvalue weighted by Crippen LogP contribution is -2.14. The molecule has 0 heterocycles. The molecular weight excluding hydrogens is 275 g/mol. The van der Waals surface area contributed by atoms with E-state index < -0.39 is 37.7 Å². The molecule has 0 radical (unpaired) electrons. The standard InChI is InChI=1S/C12H13FO5S/c1-19(17,18)8-3-2-7(11(16)10(8)13)12(4-5-12)6-9(14)15/h2-3,16H,4-6H2,1H3,(H,14,15). The molecule has 0 aromatic heterocycles. The highest BCUT2D eigenvalue weighted by Gasteiger charge is 2.48. The number of hydrogen-bond donors (Lipinski definition) is 2. The van der Waals surface area contributed by atoms with Crippen molar-refractivity contribution in [2.24, 2.45) is 0 Å². The molecule has 0 saturated heterocycles. The van der Waals surface area contributed by atoms with E-state index in [4.69, 9.17) is 5.11 Å². The molecule has 2 N–H and O–H groups in total. The summed E-state index contributed by atoms with van der Waals surface area (Å²) in [6.07, 6.45) is 1.70. The molecule has 1 aliphatic rings. The first-order valence-corrected chi connectivity index (χ1v) is 7.50. The maximum atomic E-state index is 13.9. The van der Waals surface area contributed by atoms with Crippen molar-refractivity contribution in [2.45, 2.75) is 29.6 Å². The minimum absolute atomic E-state index is 0.166. The number of hydrogen-bond acceptors (Lipinski definition) is 4. The van der Waals surface area contributed by atoms with Gasteiger partial charge in [0.1, 0.15) is 4.90 Å². The molecule has 1 fully saturated rings. The Hall–Kier alpha value is -1.63. The van der Waals surface area contributed by atoms with Crippen LogP contribution in [-0.4, -0.2) is 30.9 Å². The Morgan fingerprint density at radius 2 is 2.00 bits per heavy atom. The normalized spacial score (nSPS) is 17.2. The lowest BCUT2D eigenvalue weighted by atomic mass is 9.91. The van der Waals surface area contributed by atoms with Gasteiger partial charge in [-0.3, -0.25) is 4.79 Å². The second kappa shape index (κ2) is 4.19.